The van der Waals surface area contributed by atoms with Gasteiger partial charge in [-0.2, -0.15) is 0 Å². The molecule has 0 saturated heterocycles. The first-order valence-electron chi connectivity index (χ1n) is 7.19. The van der Waals surface area contributed by atoms with Gasteiger partial charge in [0.25, 0.3) is 5.69 Å². The maximum atomic E-state index is 11.2. The molecule has 1 rings (SSSR count). The Kier molecular flexibility index (Phi) is 6.27. The first-order valence-corrected chi connectivity index (χ1v) is 7.19. The number of carbonyl (C=O) groups is 1. The summed E-state index contributed by atoms with van der Waals surface area (Å²) in [5, 5.41) is 23.0. The van der Waals surface area contributed by atoms with Gasteiger partial charge in [-0.3, -0.25) is 10.1 Å². The zero-order valence-corrected chi connectivity index (χ0v) is 13.9. The van der Waals surface area contributed by atoms with E-state index in [0.717, 1.165) is 12.6 Å². The fraction of sp³-hybridized carbons (Fsp3) is 0.438. The van der Waals surface area contributed by atoms with Gasteiger partial charge in [0, 0.05) is 25.2 Å². The van der Waals surface area contributed by atoms with Crippen LogP contribution < -0.4 is 5.32 Å². The SMILES string of the molecule is CN(C)CC(C)(C)CNc1ccc(C=CC(=O)O)cc1[N+](=O)[O-]. The molecule has 0 aliphatic carbocycles. The largest absolute Gasteiger partial charge is 0.478 e. The van der Waals surface area contributed by atoms with Gasteiger partial charge in [-0.15, -0.1) is 0 Å². The third kappa shape index (κ3) is 6.48. The van der Waals surface area contributed by atoms with Crippen molar-refractivity contribution in [1.82, 2.24) is 4.90 Å². The Morgan fingerprint density at radius 3 is 2.61 bits per heavy atom. The summed E-state index contributed by atoms with van der Waals surface area (Å²) in [5.74, 6) is -1.10. The Morgan fingerprint density at radius 2 is 2.09 bits per heavy atom. The second-order valence-corrected chi connectivity index (χ2v) is 6.46. The lowest BCUT2D eigenvalue weighted by atomic mass is 9.93. The molecule has 0 unspecified atom stereocenters. The average Bonchev–Trinajstić information content (AvgIpc) is 2.41. The Morgan fingerprint density at radius 1 is 1.43 bits per heavy atom. The van der Waals surface area contributed by atoms with Crippen LogP contribution in [0.15, 0.2) is 24.3 Å². The molecule has 0 saturated carbocycles. The van der Waals surface area contributed by atoms with Crippen LogP contribution in [0.5, 0.6) is 0 Å². The molecule has 0 amide bonds. The minimum Gasteiger partial charge on any atom is -0.478 e. The Labute approximate surface area is 135 Å². The van der Waals surface area contributed by atoms with Crippen molar-refractivity contribution >= 4 is 23.4 Å². The number of rotatable bonds is 8. The lowest BCUT2D eigenvalue weighted by Crippen LogP contribution is -2.34. The third-order valence-corrected chi connectivity index (χ3v) is 3.14. The second kappa shape index (κ2) is 7.73. The van der Waals surface area contributed by atoms with Crippen molar-refractivity contribution in [2.24, 2.45) is 5.41 Å². The van der Waals surface area contributed by atoms with E-state index in [1.54, 1.807) is 12.1 Å². The van der Waals surface area contributed by atoms with Gasteiger partial charge in [-0.25, -0.2) is 4.79 Å². The summed E-state index contributed by atoms with van der Waals surface area (Å²) < 4.78 is 0. The molecule has 126 valence electrons. The molecule has 23 heavy (non-hydrogen) atoms. The molecule has 7 heteroatoms. The quantitative estimate of drug-likeness (QED) is 0.434. The standard InChI is InChI=1S/C16H23N3O4/c1-16(2,11-18(3)4)10-17-13-7-5-12(6-8-15(20)21)9-14(13)19(22)23/h5-9,17H,10-11H2,1-4H3,(H,20,21). The maximum absolute atomic E-state index is 11.2. The van der Waals surface area contributed by atoms with E-state index >= 15 is 0 Å². The van der Waals surface area contributed by atoms with Crippen LogP contribution in [0.2, 0.25) is 0 Å². The van der Waals surface area contributed by atoms with Crippen LogP contribution in [-0.4, -0.2) is 48.1 Å². The number of nitrogens with one attached hydrogen (secondary N) is 1. The molecule has 0 atom stereocenters. The Bertz CT molecular complexity index is 609. The van der Waals surface area contributed by atoms with E-state index in [9.17, 15) is 14.9 Å². The summed E-state index contributed by atoms with van der Waals surface area (Å²) in [4.78, 5) is 23.3. The molecule has 0 aliphatic heterocycles. The number of aliphatic carboxylic acids is 1. The van der Waals surface area contributed by atoms with Crippen LogP contribution >= 0.6 is 0 Å². The first kappa shape index (κ1) is 18.6. The number of nitrogens with zero attached hydrogens (tertiary/aromatic N) is 2. The van der Waals surface area contributed by atoms with E-state index in [0.29, 0.717) is 17.8 Å². The molecule has 1 aromatic rings. The van der Waals surface area contributed by atoms with Crippen LogP contribution in [0, 0.1) is 15.5 Å². The van der Waals surface area contributed by atoms with Crippen molar-refractivity contribution in [2.45, 2.75) is 13.8 Å². The van der Waals surface area contributed by atoms with Gasteiger partial charge in [0.05, 0.1) is 4.92 Å². The topological polar surface area (TPSA) is 95.7 Å². The Hall–Kier alpha value is -2.41. The van der Waals surface area contributed by atoms with Gasteiger partial charge in [-0.1, -0.05) is 19.9 Å². The molecule has 1 aromatic carbocycles. The Balaban J connectivity index is 2.94. The minimum atomic E-state index is -1.10. The molecular formula is C16H23N3O4. The molecule has 0 heterocycles. The summed E-state index contributed by atoms with van der Waals surface area (Å²) in [6, 6.07) is 4.61. The van der Waals surface area contributed by atoms with Gasteiger partial charge in [-0.05, 0) is 37.2 Å². The van der Waals surface area contributed by atoms with Crippen molar-refractivity contribution in [1.29, 1.82) is 0 Å². The highest BCUT2D eigenvalue weighted by Gasteiger charge is 2.21. The smallest absolute Gasteiger partial charge is 0.328 e. The lowest BCUT2D eigenvalue weighted by Gasteiger charge is -2.28. The third-order valence-electron chi connectivity index (χ3n) is 3.14. The van der Waals surface area contributed by atoms with Crippen LogP contribution in [-0.2, 0) is 4.79 Å². The molecule has 7 nitrogen and oxygen atoms in total. The molecule has 0 aliphatic rings. The van der Waals surface area contributed by atoms with E-state index in [1.807, 2.05) is 14.1 Å². The molecular weight excluding hydrogens is 298 g/mol. The molecule has 0 bridgehead atoms. The number of carboxylic acids is 1. The summed E-state index contributed by atoms with van der Waals surface area (Å²) >= 11 is 0. The summed E-state index contributed by atoms with van der Waals surface area (Å²) in [5.41, 5.74) is 0.767. The molecule has 0 radical (unpaired) electrons. The second-order valence-electron chi connectivity index (χ2n) is 6.46. The number of hydrogen-bond donors (Lipinski definition) is 2. The predicted octanol–water partition coefficient (Wildman–Crippen LogP) is 2.69. The van der Waals surface area contributed by atoms with Gasteiger partial charge < -0.3 is 15.3 Å². The summed E-state index contributed by atoms with van der Waals surface area (Å²) in [6.45, 7) is 5.58. The van der Waals surface area contributed by atoms with E-state index in [-0.39, 0.29) is 11.1 Å². The number of benzene rings is 1. The fourth-order valence-corrected chi connectivity index (χ4v) is 2.37. The van der Waals surface area contributed by atoms with E-state index < -0.39 is 10.9 Å². The van der Waals surface area contributed by atoms with Gasteiger partial charge in [0.15, 0.2) is 0 Å². The van der Waals surface area contributed by atoms with E-state index in [4.69, 9.17) is 5.11 Å². The molecule has 0 fully saturated rings. The van der Waals surface area contributed by atoms with Crippen LogP contribution in [0.1, 0.15) is 19.4 Å². The minimum absolute atomic E-state index is 0.0563. The first-order chi connectivity index (χ1) is 10.6. The highest BCUT2D eigenvalue weighted by atomic mass is 16.6. The summed E-state index contributed by atoms with van der Waals surface area (Å²) in [7, 11) is 3.96. The van der Waals surface area contributed by atoms with Crippen molar-refractivity contribution in [2.75, 3.05) is 32.5 Å². The van der Waals surface area contributed by atoms with Crippen LogP contribution in [0.3, 0.4) is 0 Å². The number of anilines is 1. The monoisotopic (exact) mass is 321 g/mol. The number of carboxylic acid groups (broad SMARTS) is 1. The van der Waals surface area contributed by atoms with Crippen molar-refractivity contribution in [3.63, 3.8) is 0 Å². The molecule has 0 aromatic heterocycles. The van der Waals surface area contributed by atoms with E-state index in [1.165, 1.54) is 12.1 Å². The maximum Gasteiger partial charge on any atom is 0.328 e. The van der Waals surface area contributed by atoms with Crippen molar-refractivity contribution < 1.29 is 14.8 Å². The zero-order valence-electron chi connectivity index (χ0n) is 13.9. The van der Waals surface area contributed by atoms with E-state index in [2.05, 4.69) is 24.1 Å². The molecule has 0 spiro atoms. The van der Waals surface area contributed by atoms with Crippen LogP contribution in [0.4, 0.5) is 11.4 Å². The van der Waals surface area contributed by atoms with Crippen molar-refractivity contribution in [3.8, 4) is 0 Å². The number of hydrogen-bond acceptors (Lipinski definition) is 5. The predicted molar refractivity (Wildman–Crippen MR) is 90.6 cm³/mol. The van der Waals surface area contributed by atoms with Crippen LogP contribution in [0.25, 0.3) is 6.08 Å². The lowest BCUT2D eigenvalue weighted by molar-refractivity contribution is -0.384. The molecule has 2 N–H and O–H groups in total. The zero-order chi connectivity index (χ0) is 17.6. The van der Waals surface area contributed by atoms with Crippen molar-refractivity contribution in [3.05, 3.63) is 40.0 Å². The highest BCUT2D eigenvalue weighted by Crippen LogP contribution is 2.28. The average molecular weight is 321 g/mol. The summed E-state index contributed by atoms with van der Waals surface area (Å²) in [6.07, 6.45) is 2.28. The number of nitro benzene ring substituents is 1. The number of nitro groups is 1. The highest BCUT2D eigenvalue weighted by molar-refractivity contribution is 5.85. The van der Waals surface area contributed by atoms with Gasteiger partial charge in [0.2, 0.25) is 0 Å². The van der Waals surface area contributed by atoms with Gasteiger partial charge >= 0.3 is 5.97 Å². The normalized spacial score (nSPS) is 11.9. The fourth-order valence-electron chi connectivity index (χ4n) is 2.37. The van der Waals surface area contributed by atoms with Gasteiger partial charge in [0.1, 0.15) is 5.69 Å².